The average molecular weight is 401 g/mol. The number of anilines is 1. The van der Waals surface area contributed by atoms with E-state index in [4.69, 9.17) is 0 Å². The summed E-state index contributed by atoms with van der Waals surface area (Å²) in [5.41, 5.74) is 4.56. The third-order valence-corrected chi connectivity index (χ3v) is 5.39. The van der Waals surface area contributed by atoms with Gasteiger partial charge in [-0.3, -0.25) is 4.79 Å². The number of carbonyl (C=O) groups is 1. The molecule has 0 aliphatic carbocycles. The van der Waals surface area contributed by atoms with Crippen molar-refractivity contribution in [2.24, 2.45) is 0 Å². The van der Waals surface area contributed by atoms with Gasteiger partial charge in [0.1, 0.15) is 0 Å². The van der Waals surface area contributed by atoms with Crippen LogP contribution in [0.4, 0.5) is 5.69 Å². The predicted molar refractivity (Wildman–Crippen MR) is 114 cm³/mol. The molecule has 6 nitrogen and oxygen atoms in total. The summed E-state index contributed by atoms with van der Waals surface area (Å²) < 4.78 is 1.75. The molecule has 7 heteroatoms. The summed E-state index contributed by atoms with van der Waals surface area (Å²) in [4.78, 5) is 12.4. The largest absolute Gasteiger partial charge is 0.322 e. The first-order valence-corrected chi connectivity index (χ1v) is 10.1. The third kappa shape index (κ3) is 4.52. The minimum absolute atomic E-state index is 0.126. The molecule has 0 saturated heterocycles. The van der Waals surface area contributed by atoms with Gasteiger partial charge in [0, 0.05) is 17.0 Å². The molecule has 0 bridgehead atoms. The Kier molecular flexibility index (Phi) is 5.67. The Hall–Kier alpha value is -3.45. The minimum Gasteiger partial charge on any atom is -0.322 e. The lowest BCUT2D eigenvalue weighted by Gasteiger charge is -2.08. The summed E-state index contributed by atoms with van der Waals surface area (Å²) in [6.07, 6.45) is 0. The highest BCUT2D eigenvalue weighted by Crippen LogP contribution is 2.24. The summed E-state index contributed by atoms with van der Waals surface area (Å²) >= 11 is 1.55. The summed E-state index contributed by atoms with van der Waals surface area (Å²) in [6.45, 7) is 2.03. The van der Waals surface area contributed by atoms with Gasteiger partial charge in [0.25, 0.3) is 5.91 Å². The molecule has 0 unspecified atom stereocenters. The van der Waals surface area contributed by atoms with E-state index < -0.39 is 0 Å². The van der Waals surface area contributed by atoms with Gasteiger partial charge in [0.05, 0.1) is 5.69 Å². The summed E-state index contributed by atoms with van der Waals surface area (Å²) in [5, 5.41) is 15.7. The van der Waals surface area contributed by atoms with Crippen molar-refractivity contribution in [2.45, 2.75) is 17.8 Å². The van der Waals surface area contributed by atoms with E-state index in [1.165, 1.54) is 0 Å². The van der Waals surface area contributed by atoms with E-state index in [1.54, 1.807) is 16.4 Å². The quantitative estimate of drug-likeness (QED) is 0.481. The number of benzene rings is 3. The van der Waals surface area contributed by atoms with E-state index >= 15 is 0 Å². The zero-order valence-electron chi connectivity index (χ0n) is 15.8. The highest BCUT2D eigenvalue weighted by molar-refractivity contribution is 7.98. The van der Waals surface area contributed by atoms with Crippen molar-refractivity contribution in [3.63, 3.8) is 0 Å². The number of amides is 1. The number of nitrogens with zero attached hydrogens (tertiary/aromatic N) is 4. The van der Waals surface area contributed by atoms with Crippen LogP contribution < -0.4 is 5.32 Å². The Balaban J connectivity index is 1.41. The van der Waals surface area contributed by atoms with Crippen molar-refractivity contribution in [1.29, 1.82) is 0 Å². The molecular weight excluding hydrogens is 382 g/mol. The lowest BCUT2D eigenvalue weighted by Crippen LogP contribution is -2.11. The maximum absolute atomic E-state index is 12.4. The van der Waals surface area contributed by atoms with Crippen molar-refractivity contribution >= 4 is 23.4 Å². The van der Waals surface area contributed by atoms with E-state index in [0.717, 1.165) is 27.7 Å². The van der Waals surface area contributed by atoms with Gasteiger partial charge in [-0.25, -0.2) is 0 Å². The van der Waals surface area contributed by atoms with Gasteiger partial charge in [0.2, 0.25) is 5.16 Å². The molecular formula is C22H19N5OS. The number of para-hydroxylation sites is 2. The van der Waals surface area contributed by atoms with Crippen LogP contribution in [0.25, 0.3) is 5.69 Å². The van der Waals surface area contributed by atoms with Gasteiger partial charge >= 0.3 is 0 Å². The number of carbonyl (C=O) groups excluding carboxylic acids is 1. The lowest BCUT2D eigenvalue weighted by molar-refractivity contribution is 0.102. The molecule has 1 heterocycles. The van der Waals surface area contributed by atoms with Crippen LogP contribution in [0.15, 0.2) is 84.0 Å². The first-order chi connectivity index (χ1) is 14.2. The number of aromatic nitrogens is 4. The Morgan fingerprint density at radius 1 is 0.966 bits per heavy atom. The maximum Gasteiger partial charge on any atom is 0.255 e. The molecule has 0 aliphatic heterocycles. The highest BCUT2D eigenvalue weighted by atomic mass is 32.2. The molecule has 0 spiro atoms. The minimum atomic E-state index is -0.126. The second-order valence-corrected chi connectivity index (χ2v) is 7.41. The van der Waals surface area contributed by atoms with Crippen LogP contribution in [0.2, 0.25) is 0 Å². The summed E-state index contributed by atoms with van der Waals surface area (Å²) in [6, 6.07) is 25.0. The van der Waals surface area contributed by atoms with Crippen molar-refractivity contribution in [1.82, 2.24) is 20.2 Å². The fourth-order valence-corrected chi connectivity index (χ4v) is 3.69. The van der Waals surface area contributed by atoms with Gasteiger partial charge in [-0.2, -0.15) is 4.68 Å². The Morgan fingerprint density at radius 2 is 1.69 bits per heavy atom. The lowest BCUT2D eigenvalue weighted by atomic mass is 10.1. The average Bonchev–Trinajstić information content (AvgIpc) is 3.22. The van der Waals surface area contributed by atoms with Crippen LogP contribution in [0.5, 0.6) is 0 Å². The first kappa shape index (κ1) is 18.9. The third-order valence-electron chi connectivity index (χ3n) is 4.40. The van der Waals surface area contributed by atoms with Crippen LogP contribution >= 0.6 is 11.8 Å². The number of nitrogens with one attached hydrogen (secondary N) is 1. The van der Waals surface area contributed by atoms with Crippen LogP contribution in [-0.2, 0) is 5.75 Å². The standard InChI is InChI=1S/C22H19N5OS/c1-16-7-5-6-10-20(16)27-22(24-25-26-27)29-15-17-11-13-18(14-12-17)21(28)23-19-8-3-2-4-9-19/h2-14H,15H2,1H3,(H,23,28). The van der Waals surface area contributed by atoms with E-state index in [-0.39, 0.29) is 5.91 Å². The normalized spacial score (nSPS) is 10.7. The smallest absolute Gasteiger partial charge is 0.255 e. The number of aryl methyl sites for hydroxylation is 1. The van der Waals surface area contributed by atoms with Gasteiger partial charge in [-0.1, -0.05) is 60.3 Å². The highest BCUT2D eigenvalue weighted by Gasteiger charge is 2.11. The second kappa shape index (κ2) is 8.70. The fourth-order valence-electron chi connectivity index (χ4n) is 2.85. The number of thioether (sulfide) groups is 1. The van der Waals surface area contributed by atoms with Crippen LogP contribution in [-0.4, -0.2) is 26.1 Å². The van der Waals surface area contributed by atoms with E-state index in [2.05, 4.69) is 20.8 Å². The molecule has 4 rings (SSSR count). The van der Waals surface area contributed by atoms with Crippen LogP contribution in [0.3, 0.4) is 0 Å². The Bertz CT molecular complexity index is 1110. The Labute approximate surface area is 173 Å². The number of hydrogen-bond acceptors (Lipinski definition) is 5. The van der Waals surface area contributed by atoms with Crippen molar-refractivity contribution in [2.75, 3.05) is 5.32 Å². The van der Waals surface area contributed by atoms with Gasteiger partial charge < -0.3 is 5.32 Å². The summed E-state index contributed by atoms with van der Waals surface area (Å²) in [7, 11) is 0. The summed E-state index contributed by atoms with van der Waals surface area (Å²) in [5.74, 6) is 0.575. The molecule has 0 saturated carbocycles. The second-order valence-electron chi connectivity index (χ2n) is 6.47. The van der Waals surface area contributed by atoms with E-state index in [1.807, 2.05) is 85.8 Å². The van der Waals surface area contributed by atoms with E-state index in [9.17, 15) is 4.79 Å². The molecule has 29 heavy (non-hydrogen) atoms. The van der Waals surface area contributed by atoms with Crippen molar-refractivity contribution < 1.29 is 4.79 Å². The number of hydrogen-bond donors (Lipinski definition) is 1. The molecule has 0 radical (unpaired) electrons. The predicted octanol–water partition coefficient (Wildman–Crippen LogP) is 4.52. The monoisotopic (exact) mass is 401 g/mol. The molecule has 4 aromatic rings. The van der Waals surface area contributed by atoms with Crippen molar-refractivity contribution in [3.05, 3.63) is 95.6 Å². The maximum atomic E-state index is 12.4. The molecule has 1 N–H and O–H groups in total. The first-order valence-electron chi connectivity index (χ1n) is 9.13. The molecule has 1 aromatic heterocycles. The topological polar surface area (TPSA) is 72.7 Å². The molecule has 144 valence electrons. The van der Waals surface area contributed by atoms with Crippen molar-refractivity contribution in [3.8, 4) is 5.69 Å². The zero-order chi connectivity index (χ0) is 20.1. The zero-order valence-corrected chi connectivity index (χ0v) is 16.6. The SMILES string of the molecule is Cc1ccccc1-n1nnnc1SCc1ccc(C(=O)Nc2ccccc2)cc1. The van der Waals surface area contributed by atoms with Crippen LogP contribution in [0, 0.1) is 6.92 Å². The number of tetrazole rings is 1. The fraction of sp³-hybridized carbons (Fsp3) is 0.0909. The molecule has 1 amide bonds. The van der Waals surface area contributed by atoms with Gasteiger partial charge in [0.15, 0.2) is 0 Å². The van der Waals surface area contributed by atoms with Crippen LogP contribution in [0.1, 0.15) is 21.5 Å². The molecule has 0 atom stereocenters. The molecule has 3 aromatic carbocycles. The molecule has 0 aliphatic rings. The van der Waals surface area contributed by atoms with Gasteiger partial charge in [-0.15, -0.1) is 5.10 Å². The molecule has 0 fully saturated rings. The Morgan fingerprint density at radius 3 is 2.45 bits per heavy atom. The van der Waals surface area contributed by atoms with Gasteiger partial charge in [-0.05, 0) is 58.8 Å². The number of rotatable bonds is 6. The van der Waals surface area contributed by atoms with E-state index in [0.29, 0.717) is 11.3 Å².